The zero-order chi connectivity index (χ0) is 15.4. The van der Waals surface area contributed by atoms with Crippen LogP contribution in [0.2, 0.25) is 0 Å². The molecule has 114 valence electrons. The van der Waals surface area contributed by atoms with Crippen molar-refractivity contribution in [3.63, 3.8) is 0 Å². The van der Waals surface area contributed by atoms with Gasteiger partial charge in [-0.05, 0) is 13.0 Å². The summed E-state index contributed by atoms with van der Waals surface area (Å²) < 4.78 is 5.81. The standard InChI is InChI=1S/C14H18ClN3O3/c1-9(15)14(20)18-6-4-11(8-18)21-10-3-5-17-12(7-10)13(19)16-2/h3,5,7,9,11H,4,6,8H2,1-2H3,(H,16,19). The zero-order valence-corrected chi connectivity index (χ0v) is 12.8. The minimum absolute atomic E-state index is 0.0801. The molecule has 6 nitrogen and oxygen atoms in total. The topological polar surface area (TPSA) is 71.5 Å². The van der Waals surface area contributed by atoms with E-state index in [0.717, 1.165) is 6.42 Å². The molecular weight excluding hydrogens is 294 g/mol. The van der Waals surface area contributed by atoms with Gasteiger partial charge in [-0.15, -0.1) is 11.6 Å². The summed E-state index contributed by atoms with van der Waals surface area (Å²) in [7, 11) is 1.55. The third kappa shape index (κ3) is 3.85. The molecule has 0 aromatic carbocycles. The number of pyridine rings is 1. The summed E-state index contributed by atoms with van der Waals surface area (Å²) in [5.41, 5.74) is 0.301. The fourth-order valence-corrected chi connectivity index (χ4v) is 2.34. The van der Waals surface area contributed by atoms with Gasteiger partial charge in [-0.3, -0.25) is 14.6 Å². The molecule has 1 aliphatic rings. The van der Waals surface area contributed by atoms with E-state index in [4.69, 9.17) is 16.3 Å². The Morgan fingerprint density at radius 3 is 3.00 bits per heavy atom. The molecule has 2 rings (SSSR count). The van der Waals surface area contributed by atoms with Crippen molar-refractivity contribution in [3.8, 4) is 5.75 Å². The van der Waals surface area contributed by atoms with E-state index in [1.807, 2.05) is 0 Å². The van der Waals surface area contributed by atoms with E-state index in [9.17, 15) is 9.59 Å². The molecule has 2 heterocycles. The molecule has 1 aromatic heterocycles. The van der Waals surface area contributed by atoms with Crippen LogP contribution < -0.4 is 10.1 Å². The van der Waals surface area contributed by atoms with Gasteiger partial charge in [0.15, 0.2) is 0 Å². The Labute approximate surface area is 128 Å². The van der Waals surface area contributed by atoms with Crippen LogP contribution in [0.1, 0.15) is 23.8 Å². The normalized spacial score (nSPS) is 19.2. The van der Waals surface area contributed by atoms with E-state index in [1.165, 1.54) is 6.20 Å². The lowest BCUT2D eigenvalue weighted by Gasteiger charge is -2.18. The smallest absolute Gasteiger partial charge is 0.269 e. The third-order valence-corrected chi connectivity index (χ3v) is 3.48. The van der Waals surface area contributed by atoms with Crippen LogP contribution >= 0.6 is 11.6 Å². The summed E-state index contributed by atoms with van der Waals surface area (Å²) in [5.74, 6) is 0.227. The van der Waals surface area contributed by atoms with Crippen LogP contribution in [0.25, 0.3) is 0 Å². The maximum Gasteiger partial charge on any atom is 0.269 e. The number of nitrogens with one attached hydrogen (secondary N) is 1. The number of carbonyl (C=O) groups excluding carboxylic acids is 2. The second-order valence-electron chi connectivity index (χ2n) is 4.88. The number of hydrogen-bond donors (Lipinski definition) is 1. The van der Waals surface area contributed by atoms with Gasteiger partial charge in [-0.2, -0.15) is 0 Å². The predicted octanol–water partition coefficient (Wildman–Crippen LogP) is 1.05. The highest BCUT2D eigenvalue weighted by molar-refractivity contribution is 6.30. The Hall–Kier alpha value is -1.82. The summed E-state index contributed by atoms with van der Waals surface area (Å²) >= 11 is 5.80. The Bertz CT molecular complexity index is 536. The second-order valence-corrected chi connectivity index (χ2v) is 5.54. The molecule has 1 N–H and O–H groups in total. The van der Waals surface area contributed by atoms with Gasteiger partial charge in [0.05, 0.1) is 6.54 Å². The number of halogens is 1. The fraction of sp³-hybridized carbons (Fsp3) is 0.500. The molecule has 1 aliphatic heterocycles. The van der Waals surface area contributed by atoms with Crippen molar-refractivity contribution in [2.24, 2.45) is 0 Å². The van der Waals surface area contributed by atoms with Crippen LogP contribution in [0.15, 0.2) is 18.3 Å². The molecule has 21 heavy (non-hydrogen) atoms. The van der Waals surface area contributed by atoms with Crippen LogP contribution in [0.4, 0.5) is 0 Å². The zero-order valence-electron chi connectivity index (χ0n) is 12.0. The van der Waals surface area contributed by atoms with E-state index in [-0.39, 0.29) is 17.9 Å². The monoisotopic (exact) mass is 311 g/mol. The minimum atomic E-state index is -0.524. The van der Waals surface area contributed by atoms with Crippen LogP contribution in [0.5, 0.6) is 5.75 Å². The minimum Gasteiger partial charge on any atom is -0.488 e. The first-order chi connectivity index (χ1) is 10.0. The molecule has 0 radical (unpaired) electrons. The van der Waals surface area contributed by atoms with Gasteiger partial charge in [0, 0.05) is 32.3 Å². The Morgan fingerprint density at radius 1 is 1.57 bits per heavy atom. The molecule has 0 saturated carbocycles. The lowest BCUT2D eigenvalue weighted by molar-refractivity contribution is -0.129. The average molecular weight is 312 g/mol. The van der Waals surface area contributed by atoms with Crippen LogP contribution in [0.3, 0.4) is 0 Å². The predicted molar refractivity (Wildman–Crippen MR) is 78.6 cm³/mol. The number of hydrogen-bond acceptors (Lipinski definition) is 4. The lowest BCUT2D eigenvalue weighted by Crippen LogP contribution is -2.35. The van der Waals surface area contributed by atoms with Gasteiger partial charge >= 0.3 is 0 Å². The first-order valence-electron chi connectivity index (χ1n) is 6.79. The number of aromatic nitrogens is 1. The van der Waals surface area contributed by atoms with Crippen molar-refractivity contribution < 1.29 is 14.3 Å². The number of carbonyl (C=O) groups is 2. The van der Waals surface area contributed by atoms with Crippen molar-refractivity contribution in [2.45, 2.75) is 24.8 Å². The van der Waals surface area contributed by atoms with E-state index >= 15 is 0 Å². The number of amides is 2. The van der Waals surface area contributed by atoms with Crippen molar-refractivity contribution in [1.82, 2.24) is 15.2 Å². The van der Waals surface area contributed by atoms with Gasteiger partial charge in [0.2, 0.25) is 5.91 Å². The summed E-state index contributed by atoms with van der Waals surface area (Å²) in [6.07, 6.45) is 2.18. The maximum absolute atomic E-state index is 11.8. The summed E-state index contributed by atoms with van der Waals surface area (Å²) in [5, 5.41) is 1.99. The molecule has 0 aliphatic carbocycles. The summed E-state index contributed by atoms with van der Waals surface area (Å²) in [6, 6.07) is 3.29. The first-order valence-corrected chi connectivity index (χ1v) is 7.22. The molecule has 7 heteroatoms. The molecular formula is C14H18ClN3O3. The number of ether oxygens (including phenoxy) is 1. The van der Waals surface area contributed by atoms with Crippen LogP contribution in [-0.2, 0) is 4.79 Å². The van der Waals surface area contributed by atoms with E-state index in [1.54, 1.807) is 31.0 Å². The highest BCUT2D eigenvalue weighted by Gasteiger charge is 2.29. The highest BCUT2D eigenvalue weighted by atomic mass is 35.5. The number of alkyl halides is 1. The number of likely N-dealkylation sites (tertiary alicyclic amines) is 1. The molecule has 0 spiro atoms. The molecule has 2 atom stereocenters. The third-order valence-electron chi connectivity index (χ3n) is 3.29. The number of rotatable bonds is 4. The molecule has 1 fully saturated rings. The van der Waals surface area contributed by atoms with Gasteiger partial charge < -0.3 is 15.0 Å². The van der Waals surface area contributed by atoms with Gasteiger partial charge in [-0.25, -0.2) is 0 Å². The Kier molecular flexibility index (Phi) is 5.01. The van der Waals surface area contributed by atoms with Gasteiger partial charge in [0.1, 0.15) is 22.9 Å². The average Bonchev–Trinajstić information content (AvgIpc) is 2.94. The SMILES string of the molecule is CNC(=O)c1cc(OC2CCN(C(=O)C(C)Cl)C2)ccn1. The van der Waals surface area contributed by atoms with E-state index in [2.05, 4.69) is 10.3 Å². The van der Waals surface area contributed by atoms with Gasteiger partial charge in [-0.1, -0.05) is 0 Å². The number of nitrogens with zero attached hydrogens (tertiary/aromatic N) is 2. The Balaban J connectivity index is 1.97. The lowest BCUT2D eigenvalue weighted by atomic mass is 10.3. The molecule has 2 amide bonds. The summed E-state index contributed by atoms with van der Waals surface area (Å²) in [6.45, 7) is 2.80. The molecule has 2 unspecified atom stereocenters. The summed E-state index contributed by atoms with van der Waals surface area (Å²) in [4.78, 5) is 29.0. The molecule has 1 aromatic rings. The highest BCUT2D eigenvalue weighted by Crippen LogP contribution is 2.20. The van der Waals surface area contributed by atoms with Crippen LogP contribution in [0, 0.1) is 0 Å². The van der Waals surface area contributed by atoms with Crippen molar-refractivity contribution in [3.05, 3.63) is 24.0 Å². The quantitative estimate of drug-likeness (QED) is 0.844. The Morgan fingerprint density at radius 2 is 2.33 bits per heavy atom. The van der Waals surface area contributed by atoms with Crippen LogP contribution in [-0.4, -0.2) is 53.3 Å². The van der Waals surface area contributed by atoms with Crippen molar-refractivity contribution in [1.29, 1.82) is 0 Å². The van der Waals surface area contributed by atoms with E-state index in [0.29, 0.717) is 24.5 Å². The van der Waals surface area contributed by atoms with Crippen molar-refractivity contribution >= 4 is 23.4 Å². The van der Waals surface area contributed by atoms with E-state index < -0.39 is 5.38 Å². The maximum atomic E-state index is 11.8. The fourth-order valence-electron chi connectivity index (χ4n) is 2.21. The molecule has 1 saturated heterocycles. The van der Waals surface area contributed by atoms with Gasteiger partial charge in [0.25, 0.3) is 5.91 Å². The molecule has 0 bridgehead atoms. The first kappa shape index (κ1) is 15.6. The second kappa shape index (κ2) is 6.76. The van der Waals surface area contributed by atoms with Crippen molar-refractivity contribution in [2.75, 3.05) is 20.1 Å². The largest absolute Gasteiger partial charge is 0.488 e.